The van der Waals surface area contributed by atoms with Gasteiger partial charge in [0.25, 0.3) is 5.56 Å². The molecule has 128 valence electrons. The van der Waals surface area contributed by atoms with E-state index in [2.05, 4.69) is 46.3 Å². The molecule has 1 aromatic carbocycles. The van der Waals surface area contributed by atoms with Crippen molar-refractivity contribution < 1.29 is 0 Å². The maximum atomic E-state index is 12.4. The number of rotatable bonds is 4. The molecule has 25 heavy (non-hydrogen) atoms. The second-order valence-electron chi connectivity index (χ2n) is 7.28. The number of hydrogen-bond donors (Lipinski definition) is 1. The molecule has 1 saturated carbocycles. The zero-order valence-electron chi connectivity index (χ0n) is 14.3. The fraction of sp³-hybridized carbons (Fsp3) is 0.429. The zero-order valence-corrected chi connectivity index (χ0v) is 14.3. The minimum absolute atomic E-state index is 0.00581. The highest BCUT2D eigenvalue weighted by molar-refractivity contribution is 5.53. The van der Waals surface area contributed by atoms with Crippen LogP contribution >= 0.6 is 0 Å². The first-order chi connectivity index (χ1) is 12.3. The third-order valence-electron chi connectivity index (χ3n) is 5.70. The van der Waals surface area contributed by atoms with Gasteiger partial charge in [0.15, 0.2) is 0 Å². The van der Waals surface area contributed by atoms with Gasteiger partial charge in [-0.25, -0.2) is 0 Å². The summed E-state index contributed by atoms with van der Waals surface area (Å²) in [6.07, 6.45) is 5.63. The Morgan fingerprint density at radius 3 is 2.60 bits per heavy atom. The van der Waals surface area contributed by atoms with Crippen molar-refractivity contribution in [2.75, 3.05) is 18.0 Å². The highest BCUT2D eigenvalue weighted by Crippen LogP contribution is 2.41. The molecule has 1 aliphatic heterocycles. The minimum Gasteiger partial charge on any atom is -0.371 e. The summed E-state index contributed by atoms with van der Waals surface area (Å²) in [5.74, 6) is 1.10. The third kappa shape index (κ3) is 3.32. The van der Waals surface area contributed by atoms with Gasteiger partial charge in [-0.15, -0.1) is 0 Å². The molecule has 2 aromatic rings. The van der Waals surface area contributed by atoms with Gasteiger partial charge < -0.3 is 9.88 Å². The van der Waals surface area contributed by atoms with Crippen molar-refractivity contribution in [3.63, 3.8) is 0 Å². The van der Waals surface area contributed by atoms with E-state index in [0.29, 0.717) is 11.8 Å². The van der Waals surface area contributed by atoms with Crippen LogP contribution in [-0.4, -0.2) is 18.1 Å². The molecule has 2 aliphatic rings. The lowest BCUT2D eigenvalue weighted by atomic mass is 9.89. The number of aromatic nitrogens is 1. The van der Waals surface area contributed by atoms with Crippen LogP contribution in [0, 0.1) is 23.2 Å². The Bertz CT molecular complexity index is 828. The Hall–Kier alpha value is -2.54. The third-order valence-corrected chi connectivity index (χ3v) is 5.70. The first-order valence-corrected chi connectivity index (χ1v) is 9.16. The topological polar surface area (TPSA) is 59.9 Å². The molecule has 1 saturated heterocycles. The van der Waals surface area contributed by atoms with Gasteiger partial charge >= 0.3 is 0 Å². The van der Waals surface area contributed by atoms with E-state index in [-0.39, 0.29) is 11.5 Å². The smallest absolute Gasteiger partial charge is 0.253 e. The Kier molecular flexibility index (Phi) is 4.31. The monoisotopic (exact) mass is 333 g/mol. The number of piperidine rings is 1. The molecule has 0 bridgehead atoms. The van der Waals surface area contributed by atoms with E-state index >= 15 is 0 Å². The number of H-pyrrole nitrogens is 1. The Morgan fingerprint density at radius 2 is 1.92 bits per heavy atom. The number of nitrogens with zero attached hydrogens (tertiary/aromatic N) is 2. The summed E-state index contributed by atoms with van der Waals surface area (Å²) in [6.45, 7) is 1.95. The van der Waals surface area contributed by atoms with E-state index in [9.17, 15) is 4.79 Å². The summed E-state index contributed by atoms with van der Waals surface area (Å²) in [6, 6.07) is 15.1. The van der Waals surface area contributed by atoms with E-state index in [0.717, 1.165) is 50.0 Å². The minimum atomic E-state index is 0.00581. The van der Waals surface area contributed by atoms with Crippen LogP contribution in [0.25, 0.3) is 0 Å². The molecule has 1 aliphatic carbocycles. The zero-order chi connectivity index (χ0) is 17.2. The molecule has 0 radical (unpaired) electrons. The number of anilines is 1. The van der Waals surface area contributed by atoms with Gasteiger partial charge in [-0.3, -0.25) is 4.79 Å². The molecule has 0 amide bonds. The Balaban J connectivity index is 1.49. The molecule has 4 heteroatoms. The molecule has 0 spiro atoms. The average molecular weight is 333 g/mol. The predicted molar refractivity (Wildman–Crippen MR) is 98.6 cm³/mol. The van der Waals surface area contributed by atoms with E-state index in [4.69, 9.17) is 5.26 Å². The molecule has 2 atom stereocenters. The molecule has 2 unspecified atom stereocenters. The van der Waals surface area contributed by atoms with Crippen LogP contribution in [0.5, 0.6) is 0 Å². The fourth-order valence-electron chi connectivity index (χ4n) is 4.07. The van der Waals surface area contributed by atoms with Gasteiger partial charge in [0.2, 0.25) is 0 Å². The van der Waals surface area contributed by atoms with Crippen molar-refractivity contribution in [1.29, 1.82) is 5.26 Å². The standard InChI is InChI=1S/C21H23N3O/c22-14-18-12-17(18)13-19-20(6-9-23-21(19)25)24-10-7-16(8-11-24)15-4-2-1-3-5-15/h1-6,9,16-18H,7-8,10-13H2,(H,23,25). The largest absolute Gasteiger partial charge is 0.371 e. The first-order valence-electron chi connectivity index (χ1n) is 9.16. The van der Waals surface area contributed by atoms with E-state index in [1.807, 2.05) is 6.07 Å². The molecule has 2 fully saturated rings. The second kappa shape index (κ2) is 6.76. The highest BCUT2D eigenvalue weighted by atomic mass is 16.1. The van der Waals surface area contributed by atoms with Crippen molar-refractivity contribution in [1.82, 2.24) is 4.98 Å². The van der Waals surface area contributed by atoms with Gasteiger partial charge in [0.1, 0.15) is 0 Å². The summed E-state index contributed by atoms with van der Waals surface area (Å²) in [5.41, 5.74) is 3.36. The Labute approximate surface area is 148 Å². The van der Waals surface area contributed by atoms with Gasteiger partial charge in [-0.05, 0) is 49.1 Å². The van der Waals surface area contributed by atoms with Crippen molar-refractivity contribution in [2.45, 2.75) is 31.6 Å². The van der Waals surface area contributed by atoms with Crippen LogP contribution in [0.3, 0.4) is 0 Å². The van der Waals surface area contributed by atoms with E-state index < -0.39 is 0 Å². The SMILES string of the molecule is N#CC1CC1Cc1c(N2CCC(c3ccccc3)CC2)cc[nH]c1=O. The van der Waals surface area contributed by atoms with Gasteiger partial charge in [0.05, 0.1) is 6.07 Å². The summed E-state index contributed by atoms with van der Waals surface area (Å²) in [5, 5.41) is 9.03. The number of hydrogen-bond acceptors (Lipinski definition) is 3. The summed E-state index contributed by atoms with van der Waals surface area (Å²) in [4.78, 5) is 17.5. The molecule has 1 N–H and O–H groups in total. The van der Waals surface area contributed by atoms with Crippen LogP contribution in [0.15, 0.2) is 47.4 Å². The predicted octanol–water partition coefficient (Wildman–Crippen LogP) is 3.46. The van der Waals surface area contributed by atoms with Crippen LogP contribution in [-0.2, 0) is 6.42 Å². The lowest BCUT2D eigenvalue weighted by molar-refractivity contribution is 0.504. The molecule has 4 rings (SSSR count). The lowest BCUT2D eigenvalue weighted by Gasteiger charge is -2.34. The normalized spacial score (nSPS) is 23.2. The summed E-state index contributed by atoms with van der Waals surface area (Å²) in [7, 11) is 0. The second-order valence-corrected chi connectivity index (χ2v) is 7.28. The first kappa shape index (κ1) is 16.0. The number of nitrogens with one attached hydrogen (secondary N) is 1. The van der Waals surface area contributed by atoms with Gasteiger partial charge in [-0.1, -0.05) is 30.3 Å². The molecule has 1 aromatic heterocycles. The molecular formula is C21H23N3O. The van der Waals surface area contributed by atoms with Crippen LogP contribution in [0.2, 0.25) is 0 Å². The fourth-order valence-corrected chi connectivity index (χ4v) is 4.07. The van der Waals surface area contributed by atoms with Crippen LogP contribution < -0.4 is 10.5 Å². The van der Waals surface area contributed by atoms with E-state index in [1.54, 1.807) is 6.20 Å². The van der Waals surface area contributed by atoms with Crippen molar-refractivity contribution >= 4 is 5.69 Å². The van der Waals surface area contributed by atoms with Crippen molar-refractivity contribution in [3.8, 4) is 6.07 Å². The highest BCUT2D eigenvalue weighted by Gasteiger charge is 2.38. The summed E-state index contributed by atoms with van der Waals surface area (Å²) < 4.78 is 0. The number of nitriles is 1. The molecular weight excluding hydrogens is 310 g/mol. The van der Waals surface area contributed by atoms with Crippen molar-refractivity contribution in [3.05, 3.63) is 64.1 Å². The van der Waals surface area contributed by atoms with Crippen LogP contribution in [0.4, 0.5) is 5.69 Å². The molecule has 4 nitrogen and oxygen atoms in total. The lowest BCUT2D eigenvalue weighted by Crippen LogP contribution is -2.35. The maximum absolute atomic E-state index is 12.4. The summed E-state index contributed by atoms with van der Waals surface area (Å²) >= 11 is 0. The number of benzene rings is 1. The quantitative estimate of drug-likeness (QED) is 0.932. The Morgan fingerprint density at radius 1 is 1.16 bits per heavy atom. The number of aromatic amines is 1. The van der Waals surface area contributed by atoms with Gasteiger partial charge in [0, 0.05) is 36.5 Å². The average Bonchev–Trinajstić information content (AvgIpc) is 3.43. The number of pyridine rings is 1. The van der Waals surface area contributed by atoms with E-state index in [1.165, 1.54) is 5.56 Å². The molecule has 2 heterocycles. The van der Waals surface area contributed by atoms with Crippen LogP contribution in [0.1, 0.15) is 36.3 Å². The maximum Gasteiger partial charge on any atom is 0.253 e. The van der Waals surface area contributed by atoms with Crippen molar-refractivity contribution in [2.24, 2.45) is 11.8 Å². The van der Waals surface area contributed by atoms with Gasteiger partial charge in [-0.2, -0.15) is 5.26 Å².